The first-order valence-electron chi connectivity index (χ1n) is 10.6. The largest absolute Gasteiger partial charge is 0.345 e. The van der Waals surface area contributed by atoms with Gasteiger partial charge in [-0.3, -0.25) is 14.5 Å². The van der Waals surface area contributed by atoms with E-state index in [1.54, 1.807) is 19.2 Å². The van der Waals surface area contributed by atoms with Crippen molar-refractivity contribution in [2.24, 2.45) is 0 Å². The van der Waals surface area contributed by atoms with E-state index in [1.807, 2.05) is 30.7 Å². The van der Waals surface area contributed by atoms with Gasteiger partial charge < -0.3 is 4.98 Å². The Morgan fingerprint density at radius 1 is 1.12 bits per heavy atom. The predicted molar refractivity (Wildman–Crippen MR) is 126 cm³/mol. The number of fused-ring (bicyclic) bond motifs is 1. The van der Waals surface area contributed by atoms with Crippen molar-refractivity contribution in [1.29, 1.82) is 0 Å². The van der Waals surface area contributed by atoms with E-state index in [9.17, 15) is 17.6 Å². The van der Waals surface area contributed by atoms with Gasteiger partial charge in [-0.1, -0.05) is 13.0 Å². The van der Waals surface area contributed by atoms with Gasteiger partial charge >= 0.3 is 0 Å². The van der Waals surface area contributed by atoms with Crippen LogP contribution in [0.4, 0.5) is 14.5 Å². The van der Waals surface area contributed by atoms with Gasteiger partial charge in [0.2, 0.25) is 10.0 Å². The smallest absolute Gasteiger partial charge is 0.232 e. The first-order chi connectivity index (χ1) is 16.1. The van der Waals surface area contributed by atoms with Crippen LogP contribution in [0, 0.1) is 25.5 Å². The van der Waals surface area contributed by atoms with Crippen LogP contribution in [0.25, 0.3) is 22.2 Å². The number of anilines is 1. The van der Waals surface area contributed by atoms with Crippen molar-refractivity contribution < 1.29 is 22.0 Å². The molecule has 3 heterocycles. The summed E-state index contributed by atoms with van der Waals surface area (Å²) in [7, 11) is -3.97. The summed E-state index contributed by atoms with van der Waals surface area (Å²) >= 11 is 0. The molecule has 1 aromatic carbocycles. The summed E-state index contributed by atoms with van der Waals surface area (Å²) in [4.78, 5) is 25.0. The number of aryl methyl sites for hydroxylation is 2. The molecule has 0 unspecified atom stereocenters. The molecule has 176 valence electrons. The quantitative estimate of drug-likeness (QED) is 0.363. The molecule has 0 saturated carbocycles. The van der Waals surface area contributed by atoms with Gasteiger partial charge in [0.25, 0.3) is 0 Å². The van der Waals surface area contributed by atoms with Crippen molar-refractivity contribution in [2.45, 2.75) is 27.2 Å². The molecule has 0 aliphatic heterocycles. The van der Waals surface area contributed by atoms with Gasteiger partial charge in [0, 0.05) is 45.9 Å². The monoisotopic (exact) mass is 484 g/mol. The molecule has 4 aromatic rings. The summed E-state index contributed by atoms with van der Waals surface area (Å²) in [5.41, 5.74) is 2.41. The lowest BCUT2D eigenvalue weighted by Crippen LogP contribution is -2.19. The van der Waals surface area contributed by atoms with Crippen LogP contribution in [0.5, 0.6) is 0 Å². The number of hydrogen-bond acceptors (Lipinski definition) is 5. The number of ketones is 1. The van der Waals surface area contributed by atoms with Gasteiger partial charge in [0.05, 0.1) is 11.3 Å². The number of carbonyl (C=O) groups excluding carboxylic acids is 1. The minimum absolute atomic E-state index is 0.120. The van der Waals surface area contributed by atoms with Crippen LogP contribution in [0.3, 0.4) is 0 Å². The molecule has 0 aliphatic carbocycles. The Morgan fingerprint density at radius 3 is 2.59 bits per heavy atom. The number of halogens is 2. The number of carbonyl (C=O) groups is 1. The zero-order chi connectivity index (χ0) is 24.6. The van der Waals surface area contributed by atoms with Crippen molar-refractivity contribution in [1.82, 2.24) is 15.0 Å². The molecular formula is C24H22F2N4O3S. The molecule has 34 heavy (non-hydrogen) atoms. The van der Waals surface area contributed by atoms with E-state index in [0.29, 0.717) is 11.0 Å². The minimum atomic E-state index is -3.97. The van der Waals surface area contributed by atoms with Gasteiger partial charge in [-0.15, -0.1) is 0 Å². The van der Waals surface area contributed by atoms with Crippen molar-refractivity contribution >= 4 is 32.5 Å². The van der Waals surface area contributed by atoms with Crippen LogP contribution >= 0.6 is 0 Å². The molecule has 0 bridgehead atoms. The van der Waals surface area contributed by atoms with Gasteiger partial charge in [-0.2, -0.15) is 0 Å². The number of nitrogens with zero attached hydrogens (tertiary/aromatic N) is 2. The molecule has 0 amide bonds. The highest BCUT2D eigenvalue weighted by Crippen LogP contribution is 2.30. The van der Waals surface area contributed by atoms with E-state index >= 15 is 4.39 Å². The van der Waals surface area contributed by atoms with Gasteiger partial charge in [0.15, 0.2) is 11.6 Å². The molecule has 0 saturated heterocycles. The Balaban J connectivity index is 1.78. The number of H-pyrrole nitrogens is 1. The highest BCUT2D eigenvalue weighted by atomic mass is 32.2. The maximum absolute atomic E-state index is 15.2. The predicted octanol–water partition coefficient (Wildman–Crippen LogP) is 4.90. The minimum Gasteiger partial charge on any atom is -0.345 e. The fourth-order valence-electron chi connectivity index (χ4n) is 3.77. The number of sulfonamides is 1. The first kappa shape index (κ1) is 23.5. The number of aromatic amines is 1. The summed E-state index contributed by atoms with van der Waals surface area (Å²) in [6, 6.07) is 7.38. The van der Waals surface area contributed by atoms with Crippen LogP contribution in [0.2, 0.25) is 0 Å². The van der Waals surface area contributed by atoms with Crippen molar-refractivity contribution in [3.63, 3.8) is 0 Å². The van der Waals surface area contributed by atoms with E-state index in [2.05, 4.69) is 15.0 Å². The number of aromatic nitrogens is 3. The normalized spacial score (nSPS) is 11.7. The van der Waals surface area contributed by atoms with Crippen LogP contribution in [-0.2, 0) is 10.0 Å². The second-order valence-corrected chi connectivity index (χ2v) is 9.78. The third-order valence-electron chi connectivity index (χ3n) is 5.38. The molecule has 0 spiro atoms. The molecule has 3 aromatic heterocycles. The third-order valence-corrected chi connectivity index (χ3v) is 6.84. The molecular weight excluding hydrogens is 462 g/mol. The maximum Gasteiger partial charge on any atom is 0.232 e. The summed E-state index contributed by atoms with van der Waals surface area (Å²) in [6.45, 7) is 5.37. The van der Waals surface area contributed by atoms with Gasteiger partial charge in [0.1, 0.15) is 17.2 Å². The highest BCUT2D eigenvalue weighted by molar-refractivity contribution is 7.92. The third kappa shape index (κ3) is 4.41. The molecule has 0 atom stereocenters. The van der Waals surface area contributed by atoms with E-state index in [4.69, 9.17) is 0 Å². The lowest BCUT2D eigenvalue weighted by atomic mass is 9.99. The van der Waals surface area contributed by atoms with Crippen LogP contribution in [-0.4, -0.2) is 34.9 Å². The molecule has 10 heteroatoms. The van der Waals surface area contributed by atoms with Gasteiger partial charge in [-0.25, -0.2) is 22.2 Å². The number of nitrogens with one attached hydrogen (secondary N) is 2. The summed E-state index contributed by atoms with van der Waals surface area (Å²) in [6.07, 6.45) is 3.30. The van der Waals surface area contributed by atoms with E-state index in [1.165, 1.54) is 6.20 Å². The fraction of sp³-hybridized carbons (Fsp3) is 0.208. The summed E-state index contributed by atoms with van der Waals surface area (Å²) in [5, 5.41) is 0.444. The average molecular weight is 485 g/mol. The van der Waals surface area contributed by atoms with Crippen molar-refractivity contribution in [3.05, 3.63) is 76.9 Å². The molecule has 7 nitrogen and oxygen atoms in total. The Hall–Kier alpha value is -3.66. The highest BCUT2D eigenvalue weighted by Gasteiger charge is 2.25. The summed E-state index contributed by atoms with van der Waals surface area (Å²) in [5.74, 6) is -3.44. The van der Waals surface area contributed by atoms with Crippen LogP contribution < -0.4 is 4.72 Å². The van der Waals surface area contributed by atoms with Crippen molar-refractivity contribution in [2.75, 3.05) is 10.5 Å². The van der Waals surface area contributed by atoms with Crippen LogP contribution in [0.1, 0.15) is 40.7 Å². The Morgan fingerprint density at radius 2 is 1.88 bits per heavy atom. The molecule has 4 rings (SSSR count). The van der Waals surface area contributed by atoms with E-state index < -0.39 is 38.7 Å². The zero-order valence-corrected chi connectivity index (χ0v) is 19.6. The Bertz CT molecular complexity index is 1530. The standard InChI is InChI=1S/C24H22F2N4O3S/c1-4-9-34(32,33)30-22-20(25)8-7-17(21(22)26)23(31)19-12-28-24-18(19)10-15(11-27-24)16-6-5-13(2)29-14(16)3/h5-8,10-12,30H,4,9H2,1-3H3,(H,27,28). The second-order valence-electron chi connectivity index (χ2n) is 7.94. The second kappa shape index (κ2) is 8.94. The van der Waals surface area contributed by atoms with Gasteiger partial charge in [-0.05, 0) is 44.5 Å². The Labute approximate surface area is 195 Å². The maximum atomic E-state index is 15.2. The van der Waals surface area contributed by atoms with E-state index in [-0.39, 0.29) is 17.7 Å². The lowest BCUT2D eigenvalue weighted by Gasteiger charge is -2.12. The number of pyridine rings is 2. The fourth-order valence-corrected chi connectivity index (χ4v) is 4.91. The molecule has 0 fully saturated rings. The number of rotatable bonds is 7. The average Bonchev–Trinajstić information content (AvgIpc) is 3.19. The van der Waals surface area contributed by atoms with Crippen molar-refractivity contribution in [3.8, 4) is 11.1 Å². The van der Waals surface area contributed by atoms with E-state index in [0.717, 1.165) is 34.6 Å². The number of hydrogen-bond donors (Lipinski definition) is 2. The SMILES string of the molecule is CCCS(=O)(=O)Nc1c(F)ccc(C(=O)c2c[nH]c3ncc(-c4ccc(C)nc4C)cc23)c1F. The number of benzene rings is 1. The Kier molecular flexibility index (Phi) is 6.18. The molecule has 2 N–H and O–H groups in total. The molecule has 0 aliphatic rings. The lowest BCUT2D eigenvalue weighted by molar-refractivity contribution is 0.103. The zero-order valence-electron chi connectivity index (χ0n) is 18.7. The van der Waals surface area contributed by atoms with Crippen LogP contribution in [0.15, 0.2) is 42.7 Å². The topological polar surface area (TPSA) is 105 Å². The molecule has 0 radical (unpaired) electrons. The first-order valence-corrected chi connectivity index (χ1v) is 12.2. The summed E-state index contributed by atoms with van der Waals surface area (Å²) < 4.78 is 55.5.